The van der Waals surface area contributed by atoms with Gasteiger partial charge in [-0.3, -0.25) is 4.98 Å². The predicted octanol–water partition coefficient (Wildman–Crippen LogP) is 2.70. The van der Waals surface area contributed by atoms with Gasteiger partial charge in [-0.25, -0.2) is 4.98 Å². The molecule has 0 saturated heterocycles. The number of imidazole rings is 1. The van der Waals surface area contributed by atoms with Crippen molar-refractivity contribution < 1.29 is 0 Å². The third-order valence-corrected chi connectivity index (χ3v) is 2.61. The van der Waals surface area contributed by atoms with Crippen molar-refractivity contribution in [2.75, 3.05) is 0 Å². The van der Waals surface area contributed by atoms with Crippen molar-refractivity contribution in [3.05, 3.63) is 54.5 Å². The number of aromatic nitrogens is 3. The lowest BCUT2D eigenvalue weighted by Gasteiger charge is -1.93. The zero-order valence-corrected chi connectivity index (χ0v) is 8.96. The first-order valence-corrected chi connectivity index (χ1v) is 5.20. The Kier molecular flexibility index (Phi) is 1.96. The first kappa shape index (κ1) is 9.09. The molecule has 0 bridgehead atoms. The van der Waals surface area contributed by atoms with Crippen molar-refractivity contribution >= 4 is 5.65 Å². The molecule has 0 aliphatic rings. The van der Waals surface area contributed by atoms with Crippen molar-refractivity contribution in [2.45, 2.75) is 6.92 Å². The van der Waals surface area contributed by atoms with Gasteiger partial charge in [-0.2, -0.15) is 0 Å². The Hall–Kier alpha value is -2.16. The summed E-state index contributed by atoms with van der Waals surface area (Å²) in [5, 5.41) is 0. The lowest BCUT2D eigenvalue weighted by molar-refractivity contribution is 1.16. The van der Waals surface area contributed by atoms with Gasteiger partial charge in [0.25, 0.3) is 0 Å². The van der Waals surface area contributed by atoms with Gasteiger partial charge in [-0.1, -0.05) is 12.1 Å². The number of pyridine rings is 2. The highest BCUT2D eigenvalue weighted by molar-refractivity contribution is 5.60. The molecule has 3 nitrogen and oxygen atoms in total. The number of nitrogens with zero attached hydrogens (tertiary/aromatic N) is 3. The van der Waals surface area contributed by atoms with Crippen LogP contribution in [0.4, 0.5) is 0 Å². The van der Waals surface area contributed by atoms with E-state index in [0.717, 1.165) is 17.0 Å². The maximum Gasteiger partial charge on any atom is 0.140 e. The van der Waals surface area contributed by atoms with Crippen LogP contribution in [-0.2, 0) is 0 Å². The molecular formula is C13H11N3. The number of aryl methyl sites for hydroxylation is 1. The van der Waals surface area contributed by atoms with E-state index in [-0.39, 0.29) is 0 Å². The highest BCUT2D eigenvalue weighted by Crippen LogP contribution is 2.17. The SMILES string of the molecule is Cc1cccn2cc(-c3ccccn3)nc12. The first-order chi connectivity index (χ1) is 7.84. The van der Waals surface area contributed by atoms with Gasteiger partial charge in [0.1, 0.15) is 11.3 Å². The van der Waals surface area contributed by atoms with Crippen LogP contribution < -0.4 is 0 Å². The summed E-state index contributed by atoms with van der Waals surface area (Å²) in [6, 6.07) is 9.93. The van der Waals surface area contributed by atoms with Gasteiger partial charge in [0, 0.05) is 18.6 Å². The molecule has 0 aliphatic heterocycles. The van der Waals surface area contributed by atoms with Gasteiger partial charge in [-0.05, 0) is 30.7 Å². The predicted molar refractivity (Wildman–Crippen MR) is 63.2 cm³/mol. The highest BCUT2D eigenvalue weighted by Gasteiger charge is 2.05. The van der Waals surface area contributed by atoms with E-state index < -0.39 is 0 Å². The molecule has 3 rings (SSSR count). The van der Waals surface area contributed by atoms with E-state index in [0.29, 0.717) is 0 Å². The van der Waals surface area contributed by atoms with Gasteiger partial charge >= 0.3 is 0 Å². The average molecular weight is 209 g/mol. The summed E-state index contributed by atoms with van der Waals surface area (Å²) < 4.78 is 2.03. The van der Waals surface area contributed by atoms with Crippen molar-refractivity contribution in [3.63, 3.8) is 0 Å². The van der Waals surface area contributed by atoms with E-state index in [9.17, 15) is 0 Å². The summed E-state index contributed by atoms with van der Waals surface area (Å²) in [6.45, 7) is 2.06. The average Bonchev–Trinajstić information content (AvgIpc) is 2.76. The summed E-state index contributed by atoms with van der Waals surface area (Å²) in [7, 11) is 0. The normalized spacial score (nSPS) is 10.8. The minimum absolute atomic E-state index is 0.908. The molecule has 0 atom stereocenters. The van der Waals surface area contributed by atoms with Crippen molar-refractivity contribution in [1.29, 1.82) is 0 Å². The van der Waals surface area contributed by atoms with Gasteiger partial charge in [-0.15, -0.1) is 0 Å². The molecule has 78 valence electrons. The van der Waals surface area contributed by atoms with Crippen LogP contribution >= 0.6 is 0 Å². The number of hydrogen-bond donors (Lipinski definition) is 0. The zero-order valence-electron chi connectivity index (χ0n) is 8.96. The molecule has 0 aliphatic carbocycles. The quantitative estimate of drug-likeness (QED) is 0.616. The summed E-state index contributed by atoms with van der Waals surface area (Å²) in [5.41, 5.74) is 3.98. The van der Waals surface area contributed by atoms with Gasteiger partial charge in [0.05, 0.1) is 5.69 Å². The van der Waals surface area contributed by atoms with Crippen LogP contribution in [0.2, 0.25) is 0 Å². The van der Waals surface area contributed by atoms with Crippen LogP contribution in [0.5, 0.6) is 0 Å². The topological polar surface area (TPSA) is 30.2 Å². The van der Waals surface area contributed by atoms with E-state index in [2.05, 4.69) is 23.0 Å². The molecule has 3 heteroatoms. The van der Waals surface area contributed by atoms with Crippen LogP contribution in [0.1, 0.15) is 5.56 Å². The van der Waals surface area contributed by atoms with Crippen LogP contribution in [-0.4, -0.2) is 14.4 Å². The Morgan fingerprint density at radius 3 is 2.75 bits per heavy atom. The second-order valence-corrected chi connectivity index (χ2v) is 3.76. The molecule has 0 aromatic carbocycles. The fraction of sp³-hybridized carbons (Fsp3) is 0.0769. The van der Waals surface area contributed by atoms with E-state index >= 15 is 0 Å². The van der Waals surface area contributed by atoms with Gasteiger partial charge in [0.15, 0.2) is 0 Å². The molecular weight excluding hydrogens is 198 g/mol. The fourth-order valence-corrected chi connectivity index (χ4v) is 1.79. The maximum atomic E-state index is 4.58. The Labute approximate surface area is 93.4 Å². The molecule has 0 unspecified atom stereocenters. The second kappa shape index (κ2) is 3.45. The highest BCUT2D eigenvalue weighted by atomic mass is 15.0. The standard InChI is InChI=1S/C13H11N3/c1-10-5-4-8-16-9-12(15-13(10)16)11-6-2-3-7-14-11/h2-9H,1H3. The summed E-state index contributed by atoms with van der Waals surface area (Å²) in [4.78, 5) is 8.88. The van der Waals surface area contributed by atoms with Crippen LogP contribution in [0.3, 0.4) is 0 Å². The first-order valence-electron chi connectivity index (χ1n) is 5.20. The van der Waals surface area contributed by atoms with Crippen molar-refractivity contribution in [3.8, 4) is 11.4 Å². The van der Waals surface area contributed by atoms with E-state index in [1.165, 1.54) is 5.56 Å². The third kappa shape index (κ3) is 1.37. The summed E-state index contributed by atoms with van der Waals surface area (Å²) in [6.07, 6.45) is 5.79. The molecule has 3 aromatic heterocycles. The molecule has 16 heavy (non-hydrogen) atoms. The van der Waals surface area contributed by atoms with E-state index in [4.69, 9.17) is 0 Å². The number of hydrogen-bond acceptors (Lipinski definition) is 2. The maximum absolute atomic E-state index is 4.58. The second-order valence-electron chi connectivity index (χ2n) is 3.76. The van der Waals surface area contributed by atoms with Crippen LogP contribution in [0.25, 0.3) is 17.0 Å². The largest absolute Gasteiger partial charge is 0.306 e. The molecule has 3 heterocycles. The Balaban J connectivity index is 2.23. The third-order valence-electron chi connectivity index (χ3n) is 2.61. The minimum atomic E-state index is 0.908. The van der Waals surface area contributed by atoms with E-state index in [1.54, 1.807) is 6.20 Å². The Bertz CT molecular complexity index is 626. The molecule has 0 saturated carbocycles. The van der Waals surface area contributed by atoms with Gasteiger partial charge < -0.3 is 4.40 Å². The molecule has 0 amide bonds. The number of rotatable bonds is 1. The van der Waals surface area contributed by atoms with Crippen LogP contribution in [0, 0.1) is 6.92 Å². The Morgan fingerprint density at radius 2 is 2.00 bits per heavy atom. The molecule has 0 radical (unpaired) electrons. The zero-order chi connectivity index (χ0) is 11.0. The lowest BCUT2D eigenvalue weighted by Crippen LogP contribution is -1.84. The van der Waals surface area contributed by atoms with Gasteiger partial charge in [0.2, 0.25) is 0 Å². The lowest BCUT2D eigenvalue weighted by atomic mass is 10.3. The van der Waals surface area contributed by atoms with Crippen LogP contribution in [0.15, 0.2) is 48.9 Å². The van der Waals surface area contributed by atoms with Crippen molar-refractivity contribution in [2.24, 2.45) is 0 Å². The summed E-state index contributed by atoms with van der Waals surface area (Å²) in [5.74, 6) is 0. The molecule has 0 fully saturated rings. The number of fused-ring (bicyclic) bond motifs is 1. The Morgan fingerprint density at radius 1 is 1.06 bits per heavy atom. The fourth-order valence-electron chi connectivity index (χ4n) is 1.79. The van der Waals surface area contributed by atoms with Crippen molar-refractivity contribution in [1.82, 2.24) is 14.4 Å². The molecule has 0 N–H and O–H groups in total. The van der Waals surface area contributed by atoms with E-state index in [1.807, 2.05) is 41.1 Å². The molecule has 3 aromatic rings. The summed E-state index contributed by atoms with van der Waals surface area (Å²) >= 11 is 0. The molecule has 0 spiro atoms. The minimum Gasteiger partial charge on any atom is -0.306 e. The monoisotopic (exact) mass is 209 g/mol. The smallest absolute Gasteiger partial charge is 0.140 e.